The zero-order valence-electron chi connectivity index (χ0n) is 12.2. The van der Waals surface area contributed by atoms with E-state index >= 15 is 0 Å². The van der Waals surface area contributed by atoms with E-state index in [-0.39, 0.29) is 29.7 Å². The topological polar surface area (TPSA) is 110 Å². The van der Waals surface area contributed by atoms with Crippen molar-refractivity contribution in [3.63, 3.8) is 0 Å². The van der Waals surface area contributed by atoms with Crippen LogP contribution in [0.3, 0.4) is 0 Å². The maximum atomic E-state index is 12.0. The van der Waals surface area contributed by atoms with Gasteiger partial charge in [-0.2, -0.15) is 5.10 Å². The molecule has 0 unspecified atom stereocenters. The van der Waals surface area contributed by atoms with Gasteiger partial charge >= 0.3 is 5.69 Å². The number of carbonyl (C=O) groups excluding carboxylic acids is 1. The Labute approximate surface area is 126 Å². The summed E-state index contributed by atoms with van der Waals surface area (Å²) in [6.07, 6.45) is -0.287. The van der Waals surface area contributed by atoms with Gasteiger partial charge < -0.3 is 10.1 Å². The predicted molar refractivity (Wildman–Crippen MR) is 78.8 cm³/mol. The van der Waals surface area contributed by atoms with E-state index in [0.717, 1.165) is 0 Å². The van der Waals surface area contributed by atoms with Crippen LogP contribution in [0.15, 0.2) is 30.3 Å². The van der Waals surface area contributed by atoms with E-state index in [0.29, 0.717) is 5.75 Å². The Bertz CT molecular complexity index is 669. The van der Waals surface area contributed by atoms with Crippen molar-refractivity contribution in [1.82, 2.24) is 15.5 Å². The highest BCUT2D eigenvalue weighted by Gasteiger charge is 2.27. The molecule has 1 amide bonds. The summed E-state index contributed by atoms with van der Waals surface area (Å²) in [6.45, 7) is 3.48. The molecule has 0 aliphatic heterocycles. The quantitative estimate of drug-likeness (QED) is 0.625. The Morgan fingerprint density at radius 3 is 2.77 bits per heavy atom. The number of aromatic amines is 1. The molecule has 0 fully saturated rings. The number of hydrogen-bond donors (Lipinski definition) is 2. The first-order valence-corrected chi connectivity index (χ1v) is 6.68. The first kappa shape index (κ1) is 15.5. The molecular formula is C14H16N4O4. The monoisotopic (exact) mass is 304 g/mol. The second-order valence-corrected chi connectivity index (χ2v) is 4.75. The molecule has 0 saturated heterocycles. The van der Waals surface area contributed by atoms with E-state index in [1.807, 2.05) is 18.2 Å². The van der Waals surface area contributed by atoms with Crippen molar-refractivity contribution in [2.24, 2.45) is 0 Å². The number of para-hydroxylation sites is 1. The van der Waals surface area contributed by atoms with Crippen LogP contribution in [-0.2, 0) is 0 Å². The van der Waals surface area contributed by atoms with E-state index in [1.54, 1.807) is 19.1 Å². The van der Waals surface area contributed by atoms with Crippen molar-refractivity contribution in [3.8, 4) is 5.75 Å². The summed E-state index contributed by atoms with van der Waals surface area (Å²) in [5.41, 5.74) is -0.299. The van der Waals surface area contributed by atoms with Gasteiger partial charge in [0.15, 0.2) is 0 Å². The highest BCUT2D eigenvalue weighted by molar-refractivity contribution is 5.96. The molecule has 0 radical (unpaired) electrons. The van der Waals surface area contributed by atoms with Gasteiger partial charge in [-0.3, -0.25) is 20.0 Å². The summed E-state index contributed by atoms with van der Waals surface area (Å²) in [6, 6.07) is 9.17. The average Bonchev–Trinajstić information content (AvgIpc) is 2.88. The molecule has 1 heterocycles. The highest BCUT2D eigenvalue weighted by atomic mass is 16.6. The minimum Gasteiger partial charge on any atom is -0.489 e. The van der Waals surface area contributed by atoms with E-state index in [4.69, 9.17) is 4.74 Å². The maximum Gasteiger partial charge on any atom is 0.322 e. The van der Waals surface area contributed by atoms with Gasteiger partial charge in [0.25, 0.3) is 5.91 Å². The minimum atomic E-state index is -0.627. The lowest BCUT2D eigenvalue weighted by atomic mass is 10.3. The van der Waals surface area contributed by atoms with Gasteiger partial charge in [-0.25, -0.2) is 0 Å². The number of nitrogens with one attached hydrogen (secondary N) is 2. The number of ether oxygens (including phenoxy) is 1. The lowest BCUT2D eigenvalue weighted by Crippen LogP contribution is -2.34. The smallest absolute Gasteiger partial charge is 0.322 e. The fourth-order valence-corrected chi connectivity index (χ4v) is 1.90. The number of benzene rings is 1. The highest BCUT2D eigenvalue weighted by Crippen LogP contribution is 2.19. The Morgan fingerprint density at radius 2 is 2.14 bits per heavy atom. The summed E-state index contributed by atoms with van der Waals surface area (Å²) in [4.78, 5) is 22.3. The number of aromatic nitrogens is 2. The molecule has 0 aliphatic carbocycles. The van der Waals surface area contributed by atoms with Crippen molar-refractivity contribution in [3.05, 3.63) is 51.8 Å². The zero-order valence-corrected chi connectivity index (χ0v) is 12.2. The fourth-order valence-electron chi connectivity index (χ4n) is 1.90. The predicted octanol–water partition coefficient (Wildman–Crippen LogP) is 1.82. The standard InChI is InChI=1S/C14H16N4O4/c1-9(22-11-6-4-3-5-7-11)8-15-14(19)12-13(18(20)21)10(2)16-17-12/h3-7,9H,8H2,1-2H3,(H,15,19)(H,16,17)/t9-/m0/s1. The first-order chi connectivity index (χ1) is 10.5. The molecule has 2 N–H and O–H groups in total. The molecule has 2 aromatic rings. The van der Waals surface area contributed by atoms with Crippen molar-refractivity contribution in [1.29, 1.82) is 0 Å². The van der Waals surface area contributed by atoms with Crippen LogP contribution in [0.4, 0.5) is 5.69 Å². The normalized spacial score (nSPS) is 11.7. The Kier molecular flexibility index (Phi) is 4.72. The SMILES string of the molecule is Cc1[nH]nc(C(=O)NC[C@H](C)Oc2ccccc2)c1[N+](=O)[O-]. The number of nitrogens with zero attached hydrogens (tertiary/aromatic N) is 2. The molecule has 8 nitrogen and oxygen atoms in total. The minimum absolute atomic E-state index is 0.205. The van der Waals surface area contributed by atoms with Crippen LogP contribution in [0.2, 0.25) is 0 Å². The lowest BCUT2D eigenvalue weighted by Gasteiger charge is -2.14. The van der Waals surface area contributed by atoms with Crippen LogP contribution in [0, 0.1) is 17.0 Å². The van der Waals surface area contributed by atoms with Crippen LogP contribution in [0.5, 0.6) is 5.75 Å². The molecule has 116 valence electrons. The van der Waals surface area contributed by atoms with Crippen LogP contribution in [0.25, 0.3) is 0 Å². The number of H-pyrrole nitrogens is 1. The van der Waals surface area contributed by atoms with Crippen molar-refractivity contribution < 1.29 is 14.5 Å². The third-order valence-corrected chi connectivity index (χ3v) is 2.94. The number of amides is 1. The maximum absolute atomic E-state index is 12.0. The summed E-state index contributed by atoms with van der Waals surface area (Å²) >= 11 is 0. The van der Waals surface area contributed by atoms with Gasteiger partial charge in [-0.1, -0.05) is 18.2 Å². The molecule has 0 bridgehead atoms. The Hall–Kier alpha value is -2.90. The van der Waals surface area contributed by atoms with E-state index in [9.17, 15) is 14.9 Å². The van der Waals surface area contributed by atoms with Crippen LogP contribution >= 0.6 is 0 Å². The first-order valence-electron chi connectivity index (χ1n) is 6.68. The number of hydrogen-bond acceptors (Lipinski definition) is 5. The molecule has 1 aromatic carbocycles. The van der Waals surface area contributed by atoms with Crippen LogP contribution in [0.1, 0.15) is 23.1 Å². The number of rotatable bonds is 6. The zero-order chi connectivity index (χ0) is 16.1. The van der Waals surface area contributed by atoms with Gasteiger partial charge in [0.05, 0.1) is 11.5 Å². The van der Waals surface area contributed by atoms with Gasteiger partial charge in [0, 0.05) is 0 Å². The van der Waals surface area contributed by atoms with Crippen LogP contribution < -0.4 is 10.1 Å². The lowest BCUT2D eigenvalue weighted by molar-refractivity contribution is -0.385. The second-order valence-electron chi connectivity index (χ2n) is 4.75. The molecule has 2 rings (SSSR count). The van der Waals surface area contributed by atoms with E-state index in [1.165, 1.54) is 6.92 Å². The second kappa shape index (κ2) is 6.70. The van der Waals surface area contributed by atoms with Crippen LogP contribution in [-0.4, -0.2) is 33.7 Å². The molecule has 8 heteroatoms. The van der Waals surface area contributed by atoms with Gasteiger partial charge in [0.2, 0.25) is 5.69 Å². The molecule has 0 spiro atoms. The molecular weight excluding hydrogens is 288 g/mol. The van der Waals surface area contributed by atoms with Gasteiger partial charge in [-0.05, 0) is 26.0 Å². The summed E-state index contributed by atoms with van der Waals surface area (Å²) in [5, 5.41) is 19.6. The average molecular weight is 304 g/mol. The van der Waals surface area contributed by atoms with E-state index in [2.05, 4.69) is 15.5 Å². The molecule has 22 heavy (non-hydrogen) atoms. The molecule has 0 aliphatic rings. The summed E-state index contributed by atoms with van der Waals surface area (Å²) in [5.74, 6) is 0.0744. The third kappa shape index (κ3) is 3.60. The Morgan fingerprint density at radius 1 is 1.45 bits per heavy atom. The van der Waals surface area contributed by atoms with Gasteiger partial charge in [0.1, 0.15) is 17.5 Å². The summed E-state index contributed by atoms with van der Waals surface area (Å²) in [7, 11) is 0. The largest absolute Gasteiger partial charge is 0.489 e. The van der Waals surface area contributed by atoms with Crippen molar-refractivity contribution in [2.75, 3.05) is 6.54 Å². The molecule has 0 saturated carbocycles. The van der Waals surface area contributed by atoms with E-state index < -0.39 is 10.8 Å². The number of carbonyl (C=O) groups is 1. The summed E-state index contributed by atoms with van der Waals surface area (Å²) < 4.78 is 5.61. The number of aryl methyl sites for hydroxylation is 1. The number of nitro groups is 1. The van der Waals surface area contributed by atoms with Crippen molar-refractivity contribution in [2.45, 2.75) is 20.0 Å². The fraction of sp³-hybridized carbons (Fsp3) is 0.286. The Balaban J connectivity index is 1.94. The third-order valence-electron chi connectivity index (χ3n) is 2.94. The van der Waals surface area contributed by atoms with Gasteiger partial charge in [-0.15, -0.1) is 0 Å². The molecule has 1 atom stereocenters. The van der Waals surface area contributed by atoms with Crippen molar-refractivity contribution >= 4 is 11.6 Å². The molecule has 1 aromatic heterocycles.